The Bertz CT molecular complexity index is 3190. The third-order valence-corrected chi connectivity index (χ3v) is 18.4. The first-order chi connectivity index (χ1) is 31.9. The molecular weight excluding hydrogens is 909 g/mol. The van der Waals surface area contributed by atoms with Crippen LogP contribution < -0.4 is 21.6 Å². The molecule has 0 radical (unpaired) electrons. The van der Waals surface area contributed by atoms with Gasteiger partial charge in [0, 0.05) is 12.3 Å². The Kier molecular flexibility index (Phi) is 13.6. The van der Waals surface area contributed by atoms with Gasteiger partial charge in [0.25, 0.3) is 25.8 Å². The van der Waals surface area contributed by atoms with Crippen molar-refractivity contribution in [3.8, 4) is 0 Å². The molecule has 0 amide bonds. The van der Waals surface area contributed by atoms with Crippen LogP contribution in [0.5, 0.6) is 0 Å². The predicted octanol–water partition coefficient (Wildman–Crippen LogP) is 5.89. The van der Waals surface area contributed by atoms with Crippen LogP contribution >= 0.6 is 0 Å². The van der Waals surface area contributed by atoms with E-state index in [2.05, 4.69) is 4.98 Å². The first kappa shape index (κ1) is 47.7. The highest BCUT2D eigenvalue weighted by Crippen LogP contribution is 2.49. The van der Waals surface area contributed by atoms with Crippen LogP contribution in [0.15, 0.2) is 183 Å². The van der Waals surface area contributed by atoms with Crippen LogP contribution in [0.2, 0.25) is 0 Å². The standard InChI is InChI=1S/C51H52N2O11S2Si/c1-36-19-12-16-29-43(36)65(56,57)62-35-50(34-61-49(3,4)5)46(60-33-39-23-18-22-38-21-14-15-28-42(38)39)47(63-66(58,59)44-30-17-13-20-37(44)2)51(64-50,53-32-31-45(54)52-48(53)55)67(40-24-8-6-9-25-40)41-26-10-7-11-27-41/h6-32,46-47,67H,33-35H2,1-5H3,(H,52,54,55)/t46-,47+,50-,51-/m0/s1. The minimum Gasteiger partial charge on any atom is -0.373 e. The number of aromatic amines is 1. The van der Waals surface area contributed by atoms with Crippen molar-refractivity contribution in [2.24, 2.45) is 0 Å². The summed E-state index contributed by atoms with van der Waals surface area (Å²) in [6, 6.07) is 45.5. The number of H-pyrrole nitrogens is 1. The zero-order chi connectivity index (χ0) is 47.6. The number of aryl methyl sites for hydroxylation is 2. The number of nitrogens with zero attached hydrogens (tertiary/aromatic N) is 1. The third kappa shape index (κ3) is 9.80. The molecule has 6 aromatic carbocycles. The fourth-order valence-electron chi connectivity index (χ4n) is 8.80. The molecule has 1 N–H and O–H groups in total. The molecule has 7 aromatic rings. The summed E-state index contributed by atoms with van der Waals surface area (Å²) in [7, 11) is -12.9. The van der Waals surface area contributed by atoms with Crippen molar-refractivity contribution >= 4 is 50.2 Å². The molecule has 1 aromatic heterocycles. The van der Waals surface area contributed by atoms with Gasteiger partial charge in [-0.05, 0) is 74.2 Å². The van der Waals surface area contributed by atoms with Crippen LogP contribution in [0.25, 0.3) is 10.8 Å². The van der Waals surface area contributed by atoms with E-state index in [4.69, 9.17) is 22.6 Å². The zero-order valence-electron chi connectivity index (χ0n) is 37.7. The molecule has 8 rings (SSSR count). The van der Waals surface area contributed by atoms with E-state index in [9.17, 15) is 18.0 Å². The first-order valence-electron chi connectivity index (χ1n) is 21.7. The lowest BCUT2D eigenvalue weighted by molar-refractivity contribution is -0.197. The highest BCUT2D eigenvalue weighted by atomic mass is 32.2. The molecule has 0 saturated carbocycles. The van der Waals surface area contributed by atoms with Gasteiger partial charge in [-0.3, -0.25) is 22.7 Å². The van der Waals surface area contributed by atoms with Crippen molar-refractivity contribution in [2.75, 3.05) is 13.2 Å². The molecule has 348 valence electrons. The lowest BCUT2D eigenvalue weighted by Gasteiger charge is -2.42. The van der Waals surface area contributed by atoms with Gasteiger partial charge in [0.15, 0.2) is 20.2 Å². The molecule has 13 nitrogen and oxygen atoms in total. The van der Waals surface area contributed by atoms with Crippen LogP contribution in [0.4, 0.5) is 0 Å². The first-order valence-corrected chi connectivity index (χ1v) is 26.3. The summed E-state index contributed by atoms with van der Waals surface area (Å²) in [5.74, 6) is 0. The lowest BCUT2D eigenvalue weighted by Crippen LogP contribution is -2.69. The summed E-state index contributed by atoms with van der Waals surface area (Å²) in [5.41, 5.74) is -3.20. The van der Waals surface area contributed by atoms with Gasteiger partial charge >= 0.3 is 5.69 Å². The van der Waals surface area contributed by atoms with Gasteiger partial charge in [-0.1, -0.05) is 150 Å². The summed E-state index contributed by atoms with van der Waals surface area (Å²) in [5, 5.41) is 0.851. The normalized spacial score (nSPS) is 20.1. The summed E-state index contributed by atoms with van der Waals surface area (Å²) in [6.07, 6.45) is -2.20. The Morgan fingerprint density at radius 3 is 1.81 bits per heavy atom. The van der Waals surface area contributed by atoms with E-state index in [0.29, 0.717) is 27.1 Å². The third-order valence-electron chi connectivity index (χ3n) is 11.9. The summed E-state index contributed by atoms with van der Waals surface area (Å²) in [6.45, 7) is 7.22. The smallest absolute Gasteiger partial charge is 0.330 e. The molecule has 4 atom stereocenters. The van der Waals surface area contributed by atoms with E-state index in [1.807, 2.05) is 103 Å². The Hall–Kier alpha value is -5.82. The van der Waals surface area contributed by atoms with Gasteiger partial charge in [0.1, 0.15) is 18.3 Å². The number of rotatable bonds is 16. The highest BCUT2D eigenvalue weighted by molar-refractivity contribution is 7.87. The van der Waals surface area contributed by atoms with Crippen molar-refractivity contribution in [3.05, 3.63) is 201 Å². The molecule has 2 heterocycles. The topological polar surface area (TPSA) is 169 Å². The van der Waals surface area contributed by atoms with E-state index in [1.165, 1.54) is 18.3 Å². The highest BCUT2D eigenvalue weighted by Gasteiger charge is 2.71. The van der Waals surface area contributed by atoms with Gasteiger partial charge < -0.3 is 14.2 Å². The van der Waals surface area contributed by atoms with Crippen LogP contribution in [0.3, 0.4) is 0 Å². The maximum absolute atomic E-state index is 15.2. The molecule has 1 saturated heterocycles. The average molecular weight is 961 g/mol. The average Bonchev–Trinajstić information content (AvgIpc) is 3.55. The van der Waals surface area contributed by atoms with Crippen molar-refractivity contribution in [2.45, 2.75) is 79.8 Å². The molecular formula is C51H52N2O11S2Si. The molecule has 0 spiro atoms. The molecule has 0 aliphatic carbocycles. The van der Waals surface area contributed by atoms with Crippen LogP contribution in [0.1, 0.15) is 37.5 Å². The Balaban J connectivity index is 1.48. The SMILES string of the molecule is Cc1ccccc1S(=O)(=O)OC[C@]1(COC(C)(C)C)O[C@](n2ccc(=O)[nH]c2=O)([SiH](c2ccccc2)c2ccccc2)[C@H](OS(=O)(=O)c2ccccc2C)[C@@H]1OCc1cccc2ccccc12. The minimum absolute atomic E-state index is 0.105. The van der Waals surface area contributed by atoms with Crippen LogP contribution in [-0.4, -0.2) is 71.8 Å². The number of aromatic nitrogens is 2. The van der Waals surface area contributed by atoms with E-state index in [0.717, 1.165) is 21.4 Å². The van der Waals surface area contributed by atoms with Crippen LogP contribution in [0, 0.1) is 13.8 Å². The van der Waals surface area contributed by atoms with Gasteiger partial charge in [0.2, 0.25) is 0 Å². The van der Waals surface area contributed by atoms with E-state index in [-0.39, 0.29) is 16.4 Å². The van der Waals surface area contributed by atoms with Gasteiger partial charge in [0.05, 0.1) is 28.6 Å². The minimum atomic E-state index is -4.83. The van der Waals surface area contributed by atoms with Crippen molar-refractivity contribution in [3.63, 3.8) is 0 Å². The molecule has 16 heteroatoms. The number of nitrogens with one attached hydrogen (secondary N) is 1. The maximum Gasteiger partial charge on any atom is 0.330 e. The van der Waals surface area contributed by atoms with Gasteiger partial charge in [-0.15, -0.1) is 0 Å². The van der Waals surface area contributed by atoms with Gasteiger partial charge in [-0.2, -0.15) is 16.8 Å². The number of ether oxygens (including phenoxy) is 3. The van der Waals surface area contributed by atoms with Gasteiger partial charge in [-0.25, -0.2) is 4.79 Å². The van der Waals surface area contributed by atoms with E-state index in [1.54, 1.807) is 71.0 Å². The van der Waals surface area contributed by atoms with E-state index >= 15 is 8.42 Å². The molecule has 67 heavy (non-hydrogen) atoms. The van der Waals surface area contributed by atoms with Crippen LogP contribution in [-0.2, 0) is 54.8 Å². The predicted molar refractivity (Wildman–Crippen MR) is 258 cm³/mol. The fourth-order valence-corrected chi connectivity index (χ4v) is 15.4. The second kappa shape index (κ2) is 19.0. The molecule has 0 unspecified atom stereocenters. The quantitative estimate of drug-likeness (QED) is 0.0906. The number of fused-ring (bicyclic) bond motifs is 1. The Labute approximate surface area is 391 Å². The second-order valence-corrected chi connectivity index (χ2v) is 23.8. The summed E-state index contributed by atoms with van der Waals surface area (Å²) in [4.78, 5) is 29.9. The Morgan fingerprint density at radius 1 is 0.657 bits per heavy atom. The number of benzene rings is 6. The van der Waals surface area contributed by atoms with Crippen molar-refractivity contribution in [1.29, 1.82) is 0 Å². The van der Waals surface area contributed by atoms with Crippen molar-refractivity contribution < 1.29 is 39.4 Å². The molecule has 1 aliphatic heterocycles. The maximum atomic E-state index is 15.2. The Morgan fingerprint density at radius 2 is 1.21 bits per heavy atom. The zero-order valence-corrected chi connectivity index (χ0v) is 40.5. The molecule has 1 aliphatic rings. The summed E-state index contributed by atoms with van der Waals surface area (Å²) >= 11 is 0. The lowest BCUT2D eigenvalue weighted by atomic mass is 9.95. The second-order valence-electron chi connectivity index (χ2n) is 17.6. The van der Waals surface area contributed by atoms with Crippen molar-refractivity contribution in [1.82, 2.24) is 9.55 Å². The fraction of sp³-hybridized carbons (Fsp3) is 0.255. The molecule has 1 fully saturated rings. The number of hydrogen-bond acceptors (Lipinski definition) is 11. The summed E-state index contributed by atoms with van der Waals surface area (Å²) < 4.78 is 94.6. The molecule has 0 bridgehead atoms. The monoisotopic (exact) mass is 960 g/mol. The van der Waals surface area contributed by atoms with E-state index < -0.39 is 82.3 Å². The largest absolute Gasteiger partial charge is 0.373 e. The number of hydrogen-bond donors (Lipinski definition) is 1.